The van der Waals surface area contributed by atoms with Crippen molar-refractivity contribution >= 4 is 5.91 Å². The molecule has 0 radical (unpaired) electrons. The molecule has 1 aliphatic carbocycles. The van der Waals surface area contributed by atoms with Gasteiger partial charge >= 0.3 is 0 Å². The van der Waals surface area contributed by atoms with Crippen LogP contribution in [0.3, 0.4) is 0 Å². The zero-order valence-corrected chi connectivity index (χ0v) is 7.55. The van der Waals surface area contributed by atoms with Crippen LogP contribution in [-0.2, 0) is 4.79 Å². The number of carbonyl (C=O) groups excluding carboxylic acids is 1. The second-order valence-corrected chi connectivity index (χ2v) is 4.07. The molecule has 0 saturated heterocycles. The number of carbonyl (C=O) groups is 1. The maximum absolute atomic E-state index is 11.8. The summed E-state index contributed by atoms with van der Waals surface area (Å²) in [5.74, 6) is 0.367. The number of amides is 1. The lowest BCUT2D eigenvalue weighted by atomic mass is 10.1. The number of hydrogen-bond acceptors (Lipinski definition) is 1. The van der Waals surface area contributed by atoms with Gasteiger partial charge in [-0.3, -0.25) is 4.79 Å². The summed E-state index contributed by atoms with van der Waals surface area (Å²) in [5.41, 5.74) is 0.0190. The largest absolute Gasteiger partial charge is 0.338 e. The Morgan fingerprint density at radius 1 is 1.42 bits per heavy atom. The standard InChI is InChI=1S/C10H15NO/c1-10(5-6-10)9(12)11-7-3-2-4-8-11/h2-3H,4-8H2,1H3. The monoisotopic (exact) mass is 165 g/mol. The van der Waals surface area contributed by atoms with E-state index in [2.05, 4.69) is 19.1 Å². The van der Waals surface area contributed by atoms with Crippen LogP contribution < -0.4 is 0 Å². The fraction of sp³-hybridized carbons (Fsp3) is 0.700. The third-order valence-corrected chi connectivity index (χ3v) is 2.86. The summed E-state index contributed by atoms with van der Waals surface area (Å²) in [6, 6.07) is 0. The van der Waals surface area contributed by atoms with Gasteiger partial charge in [-0.25, -0.2) is 0 Å². The van der Waals surface area contributed by atoms with Crippen molar-refractivity contribution in [3.63, 3.8) is 0 Å². The molecular weight excluding hydrogens is 150 g/mol. The van der Waals surface area contributed by atoms with Crippen molar-refractivity contribution < 1.29 is 4.79 Å². The zero-order chi connectivity index (χ0) is 8.60. The second-order valence-electron chi connectivity index (χ2n) is 4.07. The van der Waals surface area contributed by atoms with Crippen molar-refractivity contribution in [3.8, 4) is 0 Å². The van der Waals surface area contributed by atoms with Gasteiger partial charge in [0.25, 0.3) is 0 Å². The average Bonchev–Trinajstić information content (AvgIpc) is 2.85. The predicted molar refractivity (Wildman–Crippen MR) is 47.7 cm³/mol. The van der Waals surface area contributed by atoms with Crippen LogP contribution in [0.1, 0.15) is 26.2 Å². The lowest BCUT2D eigenvalue weighted by molar-refractivity contribution is -0.135. The molecule has 2 aliphatic rings. The van der Waals surface area contributed by atoms with Crippen LogP contribution in [-0.4, -0.2) is 23.9 Å². The van der Waals surface area contributed by atoms with E-state index in [0.29, 0.717) is 5.91 Å². The van der Waals surface area contributed by atoms with Gasteiger partial charge in [-0.1, -0.05) is 19.1 Å². The Hall–Kier alpha value is -0.790. The summed E-state index contributed by atoms with van der Waals surface area (Å²) >= 11 is 0. The highest BCUT2D eigenvalue weighted by Crippen LogP contribution is 2.46. The van der Waals surface area contributed by atoms with E-state index < -0.39 is 0 Å². The summed E-state index contributed by atoms with van der Waals surface area (Å²) in [6.45, 7) is 3.83. The maximum Gasteiger partial charge on any atom is 0.228 e. The molecule has 1 amide bonds. The van der Waals surface area contributed by atoms with Crippen LogP contribution in [0, 0.1) is 5.41 Å². The topological polar surface area (TPSA) is 20.3 Å². The fourth-order valence-electron chi connectivity index (χ4n) is 1.61. The molecule has 1 heterocycles. The molecule has 0 aromatic rings. The smallest absolute Gasteiger partial charge is 0.228 e. The summed E-state index contributed by atoms with van der Waals surface area (Å²) in [5, 5.41) is 0. The Morgan fingerprint density at radius 3 is 2.67 bits per heavy atom. The third kappa shape index (κ3) is 1.26. The quantitative estimate of drug-likeness (QED) is 0.540. The summed E-state index contributed by atoms with van der Waals surface area (Å²) < 4.78 is 0. The molecule has 0 atom stereocenters. The second kappa shape index (κ2) is 2.61. The van der Waals surface area contributed by atoms with Crippen molar-refractivity contribution in [3.05, 3.63) is 12.2 Å². The number of hydrogen-bond donors (Lipinski definition) is 0. The van der Waals surface area contributed by atoms with E-state index in [1.165, 1.54) is 0 Å². The Labute approximate surface area is 73.2 Å². The molecule has 1 fully saturated rings. The van der Waals surface area contributed by atoms with Crippen molar-refractivity contribution in [2.75, 3.05) is 13.1 Å². The van der Waals surface area contributed by atoms with E-state index in [1.54, 1.807) is 0 Å². The van der Waals surface area contributed by atoms with E-state index in [-0.39, 0.29) is 5.41 Å². The lowest BCUT2D eigenvalue weighted by Crippen LogP contribution is -2.38. The van der Waals surface area contributed by atoms with Crippen molar-refractivity contribution in [1.82, 2.24) is 4.90 Å². The highest BCUT2D eigenvalue weighted by molar-refractivity contribution is 5.85. The van der Waals surface area contributed by atoms with Crippen LogP contribution in [0.5, 0.6) is 0 Å². The van der Waals surface area contributed by atoms with Gasteiger partial charge in [0.1, 0.15) is 0 Å². The Kier molecular flexibility index (Phi) is 1.71. The molecule has 0 aromatic carbocycles. The van der Waals surface area contributed by atoms with E-state index in [0.717, 1.165) is 32.4 Å². The molecule has 2 heteroatoms. The molecule has 0 unspecified atom stereocenters. The normalized spacial score (nSPS) is 25.6. The van der Waals surface area contributed by atoms with Gasteiger partial charge in [0.05, 0.1) is 0 Å². The van der Waals surface area contributed by atoms with E-state index in [1.807, 2.05) is 4.90 Å². The summed E-state index contributed by atoms with van der Waals surface area (Å²) in [7, 11) is 0. The highest BCUT2D eigenvalue weighted by Gasteiger charge is 2.46. The van der Waals surface area contributed by atoms with E-state index in [4.69, 9.17) is 0 Å². The van der Waals surface area contributed by atoms with Gasteiger partial charge in [0.15, 0.2) is 0 Å². The third-order valence-electron chi connectivity index (χ3n) is 2.86. The van der Waals surface area contributed by atoms with E-state index >= 15 is 0 Å². The number of nitrogens with zero attached hydrogens (tertiary/aromatic N) is 1. The van der Waals surface area contributed by atoms with Gasteiger partial charge in [-0.2, -0.15) is 0 Å². The first-order valence-corrected chi connectivity index (χ1v) is 4.67. The first-order valence-electron chi connectivity index (χ1n) is 4.67. The molecule has 2 nitrogen and oxygen atoms in total. The Morgan fingerprint density at radius 2 is 2.17 bits per heavy atom. The highest BCUT2D eigenvalue weighted by atomic mass is 16.2. The minimum absolute atomic E-state index is 0.0190. The van der Waals surface area contributed by atoms with Gasteiger partial charge in [-0.15, -0.1) is 0 Å². The molecule has 1 aliphatic heterocycles. The van der Waals surface area contributed by atoms with Crippen LogP contribution in [0.2, 0.25) is 0 Å². The number of rotatable bonds is 1. The summed E-state index contributed by atoms with van der Waals surface area (Å²) in [6.07, 6.45) is 7.45. The molecule has 0 aromatic heterocycles. The Bertz CT molecular complexity index is 228. The molecule has 0 bridgehead atoms. The van der Waals surface area contributed by atoms with Crippen LogP contribution in [0.25, 0.3) is 0 Å². The lowest BCUT2D eigenvalue weighted by Gasteiger charge is -2.26. The van der Waals surface area contributed by atoms with Crippen LogP contribution >= 0.6 is 0 Å². The predicted octanol–water partition coefficient (Wildman–Crippen LogP) is 1.58. The summed E-state index contributed by atoms with van der Waals surface area (Å²) in [4.78, 5) is 13.8. The maximum atomic E-state index is 11.8. The minimum Gasteiger partial charge on any atom is -0.338 e. The van der Waals surface area contributed by atoms with Crippen LogP contribution in [0.15, 0.2) is 12.2 Å². The molecule has 0 N–H and O–H groups in total. The first kappa shape index (κ1) is 7.84. The molecule has 12 heavy (non-hydrogen) atoms. The van der Waals surface area contributed by atoms with Crippen molar-refractivity contribution in [2.45, 2.75) is 26.2 Å². The zero-order valence-electron chi connectivity index (χ0n) is 7.55. The molecular formula is C10H15NO. The fourth-order valence-corrected chi connectivity index (χ4v) is 1.61. The molecule has 66 valence electrons. The van der Waals surface area contributed by atoms with Crippen LogP contribution in [0.4, 0.5) is 0 Å². The molecule has 2 rings (SSSR count). The van der Waals surface area contributed by atoms with Gasteiger partial charge in [0.2, 0.25) is 5.91 Å². The van der Waals surface area contributed by atoms with Crippen molar-refractivity contribution in [1.29, 1.82) is 0 Å². The first-order chi connectivity index (χ1) is 5.72. The molecule has 0 spiro atoms. The average molecular weight is 165 g/mol. The van der Waals surface area contributed by atoms with E-state index in [9.17, 15) is 4.79 Å². The Balaban J connectivity index is 2.00. The SMILES string of the molecule is CC1(C(=O)N2CC=CCC2)CC1. The van der Waals surface area contributed by atoms with Gasteiger partial charge in [-0.05, 0) is 19.3 Å². The van der Waals surface area contributed by atoms with Gasteiger partial charge < -0.3 is 4.90 Å². The van der Waals surface area contributed by atoms with Crippen molar-refractivity contribution in [2.24, 2.45) is 5.41 Å². The molecule has 1 saturated carbocycles. The minimum atomic E-state index is 0.0190. The van der Waals surface area contributed by atoms with Gasteiger partial charge in [0, 0.05) is 18.5 Å².